The Morgan fingerprint density at radius 1 is 1.12 bits per heavy atom. The molecule has 2 N–H and O–H groups in total. The maximum absolute atomic E-state index is 11.0. The van der Waals surface area contributed by atoms with Crippen LogP contribution in [0.3, 0.4) is 0 Å². The van der Waals surface area contributed by atoms with Crippen molar-refractivity contribution in [3.05, 3.63) is 77.6 Å². The summed E-state index contributed by atoms with van der Waals surface area (Å²) in [5.74, 6) is -0.555. The summed E-state index contributed by atoms with van der Waals surface area (Å²) in [5.41, 5.74) is 3.87. The van der Waals surface area contributed by atoms with Crippen LogP contribution in [-0.4, -0.2) is 30.8 Å². The van der Waals surface area contributed by atoms with Crippen LogP contribution >= 0.6 is 0 Å². The summed E-state index contributed by atoms with van der Waals surface area (Å²) in [6.07, 6.45) is 2.71. The van der Waals surface area contributed by atoms with Crippen molar-refractivity contribution in [3.8, 4) is 5.95 Å². The van der Waals surface area contributed by atoms with Crippen molar-refractivity contribution < 1.29 is 14.6 Å². The number of imidazole rings is 1. The third kappa shape index (κ3) is 3.33. The Morgan fingerprint density at radius 2 is 1.92 bits per heavy atom. The topological polar surface area (TPSA) is 93.0 Å². The van der Waals surface area contributed by atoms with Crippen molar-refractivity contribution in [2.24, 2.45) is 0 Å². The van der Waals surface area contributed by atoms with Crippen molar-refractivity contribution in [1.82, 2.24) is 19.7 Å². The Bertz CT molecular complexity index is 1050. The molecule has 0 unspecified atom stereocenters. The van der Waals surface area contributed by atoms with Gasteiger partial charge in [-0.05, 0) is 23.3 Å². The Kier molecular flexibility index (Phi) is 4.20. The Hall–Kier alpha value is -3.45. The summed E-state index contributed by atoms with van der Waals surface area (Å²) in [7, 11) is 0. The number of rotatable bonds is 6. The van der Waals surface area contributed by atoms with Gasteiger partial charge in [-0.3, -0.25) is 0 Å². The number of ether oxygens (including phenoxy) is 1. The molecule has 2 heterocycles. The lowest BCUT2D eigenvalue weighted by Gasteiger charge is -2.04. The van der Waals surface area contributed by atoms with E-state index in [0.717, 1.165) is 22.2 Å². The molecule has 0 radical (unpaired) electrons. The fourth-order valence-corrected chi connectivity index (χ4v) is 2.65. The van der Waals surface area contributed by atoms with Crippen LogP contribution in [0.2, 0.25) is 0 Å². The van der Waals surface area contributed by atoms with Gasteiger partial charge in [0.25, 0.3) is 0 Å². The van der Waals surface area contributed by atoms with E-state index in [0.29, 0.717) is 19.2 Å². The molecule has 0 spiro atoms. The molecule has 0 aliphatic heterocycles. The van der Waals surface area contributed by atoms with Crippen LogP contribution in [-0.2, 0) is 18.0 Å². The summed E-state index contributed by atoms with van der Waals surface area (Å²) < 4.78 is 7.17. The quantitative estimate of drug-likeness (QED) is 0.558. The van der Waals surface area contributed by atoms with Crippen LogP contribution in [0.25, 0.3) is 17.0 Å². The second-order valence-corrected chi connectivity index (χ2v) is 5.87. The molecule has 0 aliphatic carbocycles. The van der Waals surface area contributed by atoms with E-state index >= 15 is 0 Å². The zero-order valence-corrected chi connectivity index (χ0v) is 13.8. The number of benzene rings is 2. The van der Waals surface area contributed by atoms with Crippen LogP contribution in [0.1, 0.15) is 21.5 Å². The van der Waals surface area contributed by atoms with Crippen LogP contribution in [0.15, 0.2) is 60.9 Å². The SMILES string of the molecule is O=C(O)c1cnn(-c2nc3cc(COCc4ccccc4)ccc3[nH]2)c1. The fraction of sp³-hybridized carbons (Fsp3) is 0.105. The predicted molar refractivity (Wildman–Crippen MR) is 95.1 cm³/mol. The van der Waals surface area contributed by atoms with Gasteiger partial charge in [0.15, 0.2) is 0 Å². The number of aromatic carboxylic acids is 1. The molecule has 0 saturated heterocycles. The van der Waals surface area contributed by atoms with Gasteiger partial charge in [-0.1, -0.05) is 36.4 Å². The van der Waals surface area contributed by atoms with Gasteiger partial charge in [0, 0.05) is 6.20 Å². The molecule has 0 atom stereocenters. The van der Waals surface area contributed by atoms with E-state index < -0.39 is 5.97 Å². The molecule has 7 heteroatoms. The first-order valence-electron chi connectivity index (χ1n) is 8.08. The molecule has 0 amide bonds. The molecule has 26 heavy (non-hydrogen) atoms. The van der Waals surface area contributed by atoms with E-state index in [-0.39, 0.29) is 5.56 Å². The summed E-state index contributed by atoms with van der Waals surface area (Å²) in [6, 6.07) is 15.8. The average molecular weight is 348 g/mol. The first-order valence-corrected chi connectivity index (χ1v) is 8.08. The van der Waals surface area contributed by atoms with Crippen molar-refractivity contribution in [2.45, 2.75) is 13.2 Å². The number of hydrogen-bond acceptors (Lipinski definition) is 4. The highest BCUT2D eigenvalue weighted by atomic mass is 16.5. The van der Waals surface area contributed by atoms with Gasteiger partial charge < -0.3 is 14.8 Å². The second-order valence-electron chi connectivity index (χ2n) is 5.87. The zero-order valence-electron chi connectivity index (χ0n) is 13.8. The highest BCUT2D eigenvalue weighted by Gasteiger charge is 2.10. The lowest BCUT2D eigenvalue weighted by Crippen LogP contribution is -1.97. The Balaban J connectivity index is 1.49. The first-order chi connectivity index (χ1) is 12.7. The first kappa shape index (κ1) is 16.0. The fourth-order valence-electron chi connectivity index (χ4n) is 2.65. The summed E-state index contributed by atoms with van der Waals surface area (Å²) in [4.78, 5) is 18.6. The zero-order chi connectivity index (χ0) is 17.9. The average Bonchev–Trinajstić information content (AvgIpc) is 3.29. The number of carboxylic acids is 1. The summed E-state index contributed by atoms with van der Waals surface area (Å²) in [6.45, 7) is 1.04. The highest BCUT2D eigenvalue weighted by molar-refractivity contribution is 5.87. The molecule has 130 valence electrons. The van der Waals surface area contributed by atoms with Crippen LogP contribution in [0.5, 0.6) is 0 Å². The van der Waals surface area contributed by atoms with Crippen LogP contribution in [0, 0.1) is 0 Å². The van der Waals surface area contributed by atoms with Gasteiger partial charge in [-0.25, -0.2) is 14.5 Å². The van der Waals surface area contributed by atoms with Gasteiger partial charge in [0.2, 0.25) is 5.95 Å². The molecular weight excluding hydrogens is 332 g/mol. The molecule has 2 aromatic heterocycles. The standard InChI is InChI=1S/C19H16N4O3/c24-18(25)15-9-20-23(10-15)19-21-16-7-6-14(8-17(16)22-19)12-26-11-13-4-2-1-3-5-13/h1-10H,11-12H2,(H,21,22)(H,24,25). The number of H-pyrrole nitrogens is 1. The second kappa shape index (κ2) is 6.81. The summed E-state index contributed by atoms with van der Waals surface area (Å²) in [5, 5.41) is 13.0. The van der Waals surface area contributed by atoms with Crippen molar-refractivity contribution >= 4 is 17.0 Å². The molecule has 0 saturated carbocycles. The molecule has 0 fully saturated rings. The molecule has 2 aromatic carbocycles. The monoisotopic (exact) mass is 348 g/mol. The van der Waals surface area contributed by atoms with E-state index in [1.165, 1.54) is 17.1 Å². The van der Waals surface area contributed by atoms with Crippen molar-refractivity contribution in [3.63, 3.8) is 0 Å². The van der Waals surface area contributed by atoms with Gasteiger partial charge in [0.1, 0.15) is 0 Å². The Morgan fingerprint density at radius 3 is 2.69 bits per heavy atom. The number of fused-ring (bicyclic) bond motifs is 1. The smallest absolute Gasteiger partial charge is 0.338 e. The molecule has 4 rings (SSSR count). The number of nitrogens with zero attached hydrogens (tertiary/aromatic N) is 3. The maximum Gasteiger partial charge on any atom is 0.338 e. The van der Waals surface area contributed by atoms with E-state index in [4.69, 9.17) is 9.84 Å². The minimum Gasteiger partial charge on any atom is -0.478 e. The molecule has 0 bridgehead atoms. The maximum atomic E-state index is 11.0. The van der Waals surface area contributed by atoms with Gasteiger partial charge >= 0.3 is 5.97 Å². The lowest BCUT2D eigenvalue weighted by atomic mass is 10.2. The molecule has 0 aliphatic rings. The van der Waals surface area contributed by atoms with E-state index in [1.807, 2.05) is 48.5 Å². The van der Waals surface area contributed by atoms with Gasteiger partial charge in [0.05, 0.1) is 36.0 Å². The Labute approximate surface area is 148 Å². The number of carbonyl (C=O) groups is 1. The van der Waals surface area contributed by atoms with Crippen LogP contribution < -0.4 is 0 Å². The van der Waals surface area contributed by atoms with Crippen molar-refractivity contribution in [2.75, 3.05) is 0 Å². The largest absolute Gasteiger partial charge is 0.478 e. The van der Waals surface area contributed by atoms with E-state index in [1.54, 1.807) is 0 Å². The minimum absolute atomic E-state index is 0.112. The number of carboxylic acid groups (broad SMARTS) is 1. The predicted octanol–water partition coefficient (Wildman–Crippen LogP) is 3.16. The highest BCUT2D eigenvalue weighted by Crippen LogP contribution is 2.17. The number of aromatic amines is 1. The van der Waals surface area contributed by atoms with Gasteiger partial charge in [-0.2, -0.15) is 5.10 Å². The van der Waals surface area contributed by atoms with Crippen LogP contribution in [0.4, 0.5) is 0 Å². The molecule has 7 nitrogen and oxygen atoms in total. The normalized spacial score (nSPS) is 11.1. The number of nitrogens with one attached hydrogen (secondary N) is 1. The lowest BCUT2D eigenvalue weighted by molar-refractivity contribution is 0.0697. The number of aromatic nitrogens is 4. The summed E-state index contributed by atoms with van der Waals surface area (Å²) >= 11 is 0. The molecular formula is C19H16N4O3. The minimum atomic E-state index is -1.02. The van der Waals surface area contributed by atoms with E-state index in [9.17, 15) is 4.79 Å². The third-order valence-electron chi connectivity index (χ3n) is 3.96. The van der Waals surface area contributed by atoms with E-state index in [2.05, 4.69) is 15.1 Å². The third-order valence-corrected chi connectivity index (χ3v) is 3.96. The molecule has 4 aromatic rings. The van der Waals surface area contributed by atoms with Gasteiger partial charge in [-0.15, -0.1) is 0 Å². The number of hydrogen-bond donors (Lipinski definition) is 2. The van der Waals surface area contributed by atoms with Crippen molar-refractivity contribution in [1.29, 1.82) is 0 Å².